The Labute approximate surface area is 163 Å². The minimum atomic E-state index is -0.307. The van der Waals surface area contributed by atoms with Gasteiger partial charge in [0.2, 0.25) is 0 Å². The van der Waals surface area contributed by atoms with Crippen LogP contribution in [0.3, 0.4) is 0 Å². The van der Waals surface area contributed by atoms with Crippen LogP contribution < -0.4 is 4.90 Å². The number of pyridine rings is 2. The first-order chi connectivity index (χ1) is 13.7. The van der Waals surface area contributed by atoms with E-state index in [2.05, 4.69) is 50.4 Å². The lowest BCUT2D eigenvalue weighted by Gasteiger charge is -2.46. The summed E-state index contributed by atoms with van der Waals surface area (Å²) in [6, 6.07) is 13.7. The molecule has 2 aliphatic heterocycles. The first kappa shape index (κ1) is 16.7. The Bertz CT molecular complexity index is 1040. The number of amides is 1. The number of aromatic nitrogens is 3. The largest absolute Gasteiger partial charge is 0.352 e. The Balaban J connectivity index is 1.59. The molecular weight excluding hydrogens is 350 g/mol. The smallest absolute Gasteiger partial charge is 0.272 e. The molecule has 1 saturated heterocycles. The summed E-state index contributed by atoms with van der Waals surface area (Å²) in [7, 11) is 0. The molecule has 0 aliphatic carbocycles. The van der Waals surface area contributed by atoms with Crippen molar-refractivity contribution in [2.24, 2.45) is 0 Å². The lowest BCUT2D eigenvalue weighted by atomic mass is 9.89. The van der Waals surface area contributed by atoms with Gasteiger partial charge in [-0.1, -0.05) is 12.1 Å². The van der Waals surface area contributed by atoms with Crippen LogP contribution in [-0.4, -0.2) is 45.0 Å². The highest BCUT2D eigenvalue weighted by Gasteiger charge is 2.50. The average Bonchev–Trinajstić information content (AvgIpc) is 3.40. The van der Waals surface area contributed by atoms with Crippen molar-refractivity contribution in [1.82, 2.24) is 19.4 Å². The second-order valence-corrected chi connectivity index (χ2v) is 7.23. The third-order valence-corrected chi connectivity index (χ3v) is 5.76. The van der Waals surface area contributed by atoms with Gasteiger partial charge in [-0.2, -0.15) is 0 Å². The molecule has 0 unspecified atom stereocenters. The standard InChI is InChI=1S/C22H21N5O/c1-2-13-27-18-8-5-12-24-20(18)26-14-6-9-19(26)22(27)10-15-25(16-22)21(28)17-7-3-4-11-23-17/h2-9,11-12,14H,1,10,13,15-16H2/t22-/m1/s1. The molecule has 5 heterocycles. The third-order valence-electron chi connectivity index (χ3n) is 5.76. The Morgan fingerprint density at radius 1 is 1.14 bits per heavy atom. The molecule has 0 N–H and O–H groups in total. The van der Waals surface area contributed by atoms with Gasteiger partial charge in [0.25, 0.3) is 5.91 Å². The van der Waals surface area contributed by atoms with Crippen molar-refractivity contribution in [3.8, 4) is 5.82 Å². The Hall–Kier alpha value is -3.41. The number of likely N-dealkylation sites (tertiary alicyclic amines) is 1. The molecule has 1 atom stereocenters. The van der Waals surface area contributed by atoms with E-state index in [1.807, 2.05) is 35.4 Å². The van der Waals surface area contributed by atoms with E-state index in [1.165, 1.54) is 0 Å². The van der Waals surface area contributed by atoms with E-state index in [0.29, 0.717) is 25.3 Å². The Kier molecular flexibility index (Phi) is 3.79. The first-order valence-electron chi connectivity index (χ1n) is 9.47. The molecule has 140 valence electrons. The molecular formula is C22H21N5O. The number of fused-ring (bicyclic) bond motifs is 4. The quantitative estimate of drug-likeness (QED) is 0.664. The summed E-state index contributed by atoms with van der Waals surface area (Å²) < 4.78 is 2.16. The summed E-state index contributed by atoms with van der Waals surface area (Å²) >= 11 is 0. The molecule has 0 aromatic carbocycles. The highest BCUT2D eigenvalue weighted by atomic mass is 16.2. The maximum Gasteiger partial charge on any atom is 0.272 e. The highest BCUT2D eigenvalue weighted by molar-refractivity contribution is 5.92. The average molecular weight is 371 g/mol. The topological polar surface area (TPSA) is 54.3 Å². The number of hydrogen-bond acceptors (Lipinski definition) is 4. The lowest BCUT2D eigenvalue weighted by molar-refractivity contribution is 0.0776. The van der Waals surface area contributed by atoms with Crippen LogP contribution in [0.5, 0.6) is 0 Å². The Morgan fingerprint density at radius 3 is 2.86 bits per heavy atom. The van der Waals surface area contributed by atoms with E-state index in [-0.39, 0.29) is 11.4 Å². The lowest BCUT2D eigenvalue weighted by Crippen LogP contribution is -2.52. The normalized spacial score (nSPS) is 20.1. The molecule has 28 heavy (non-hydrogen) atoms. The zero-order chi connectivity index (χ0) is 19.1. The van der Waals surface area contributed by atoms with Crippen molar-refractivity contribution >= 4 is 11.6 Å². The van der Waals surface area contributed by atoms with Crippen molar-refractivity contribution in [3.63, 3.8) is 0 Å². The van der Waals surface area contributed by atoms with Gasteiger partial charge >= 0.3 is 0 Å². The molecule has 2 aliphatic rings. The van der Waals surface area contributed by atoms with Crippen LogP contribution in [0.4, 0.5) is 5.69 Å². The predicted molar refractivity (Wildman–Crippen MR) is 108 cm³/mol. The zero-order valence-electron chi connectivity index (χ0n) is 15.5. The van der Waals surface area contributed by atoms with Crippen molar-refractivity contribution in [2.75, 3.05) is 24.5 Å². The third kappa shape index (κ3) is 2.30. The fourth-order valence-electron chi connectivity index (χ4n) is 4.55. The molecule has 1 amide bonds. The van der Waals surface area contributed by atoms with Crippen LogP contribution in [0.1, 0.15) is 22.6 Å². The molecule has 0 radical (unpaired) electrons. The molecule has 0 saturated carbocycles. The number of nitrogens with zero attached hydrogens (tertiary/aromatic N) is 5. The van der Waals surface area contributed by atoms with Gasteiger partial charge in [-0.05, 0) is 42.8 Å². The minimum absolute atomic E-state index is 0.0221. The van der Waals surface area contributed by atoms with E-state index in [9.17, 15) is 4.79 Å². The van der Waals surface area contributed by atoms with Gasteiger partial charge in [-0.15, -0.1) is 6.58 Å². The zero-order valence-corrected chi connectivity index (χ0v) is 15.5. The first-order valence-corrected chi connectivity index (χ1v) is 9.47. The summed E-state index contributed by atoms with van der Waals surface area (Å²) in [6.45, 7) is 5.95. The van der Waals surface area contributed by atoms with Crippen LogP contribution in [0.25, 0.3) is 5.82 Å². The number of carbonyl (C=O) groups excluding carboxylic acids is 1. The van der Waals surface area contributed by atoms with Crippen LogP contribution in [-0.2, 0) is 5.54 Å². The fourth-order valence-corrected chi connectivity index (χ4v) is 4.55. The maximum absolute atomic E-state index is 13.0. The van der Waals surface area contributed by atoms with Crippen molar-refractivity contribution in [1.29, 1.82) is 0 Å². The summed E-state index contributed by atoms with van der Waals surface area (Å²) in [5, 5.41) is 0. The van der Waals surface area contributed by atoms with E-state index in [4.69, 9.17) is 0 Å². The summed E-state index contributed by atoms with van der Waals surface area (Å²) in [4.78, 5) is 26.2. The van der Waals surface area contributed by atoms with Crippen LogP contribution in [0.15, 0.2) is 73.7 Å². The van der Waals surface area contributed by atoms with Gasteiger partial charge in [-0.25, -0.2) is 4.98 Å². The number of hydrogen-bond donors (Lipinski definition) is 0. The summed E-state index contributed by atoms with van der Waals surface area (Å²) in [5.74, 6) is 0.899. The van der Waals surface area contributed by atoms with Crippen LogP contribution >= 0.6 is 0 Å². The number of carbonyl (C=O) groups is 1. The molecule has 5 rings (SSSR count). The van der Waals surface area contributed by atoms with Gasteiger partial charge in [0.05, 0.1) is 11.4 Å². The molecule has 1 fully saturated rings. The van der Waals surface area contributed by atoms with Crippen LogP contribution in [0.2, 0.25) is 0 Å². The number of anilines is 1. The van der Waals surface area contributed by atoms with E-state index >= 15 is 0 Å². The van der Waals surface area contributed by atoms with Gasteiger partial charge < -0.3 is 14.4 Å². The molecule has 1 spiro atoms. The van der Waals surface area contributed by atoms with Crippen molar-refractivity contribution in [2.45, 2.75) is 12.0 Å². The SMILES string of the molecule is C=CCN1c2cccnc2-n2cccc2[C@]12CCN(C(=O)c1ccccn1)C2. The highest BCUT2D eigenvalue weighted by Crippen LogP contribution is 2.46. The monoisotopic (exact) mass is 371 g/mol. The number of rotatable bonds is 3. The molecule has 6 heteroatoms. The molecule has 6 nitrogen and oxygen atoms in total. The van der Waals surface area contributed by atoms with E-state index in [1.54, 1.807) is 12.3 Å². The second-order valence-electron chi connectivity index (χ2n) is 7.23. The minimum Gasteiger partial charge on any atom is -0.352 e. The van der Waals surface area contributed by atoms with Crippen LogP contribution in [0, 0.1) is 0 Å². The van der Waals surface area contributed by atoms with Gasteiger partial charge in [0.15, 0.2) is 5.82 Å². The predicted octanol–water partition coefficient (Wildman–Crippen LogP) is 3.01. The summed E-state index contributed by atoms with van der Waals surface area (Å²) in [5.41, 5.74) is 2.41. The molecule has 3 aromatic rings. The van der Waals surface area contributed by atoms with E-state index < -0.39 is 0 Å². The van der Waals surface area contributed by atoms with Gasteiger partial charge in [-0.3, -0.25) is 9.78 Å². The van der Waals surface area contributed by atoms with Gasteiger partial charge in [0, 0.05) is 38.2 Å². The molecule has 3 aromatic heterocycles. The summed E-state index contributed by atoms with van der Waals surface area (Å²) in [6.07, 6.45) is 8.30. The van der Waals surface area contributed by atoms with E-state index in [0.717, 1.165) is 23.6 Å². The van der Waals surface area contributed by atoms with Crippen molar-refractivity contribution < 1.29 is 4.79 Å². The second kappa shape index (κ2) is 6.34. The molecule has 0 bridgehead atoms. The fraction of sp³-hybridized carbons (Fsp3) is 0.227. The Morgan fingerprint density at radius 2 is 2.04 bits per heavy atom. The maximum atomic E-state index is 13.0. The van der Waals surface area contributed by atoms with Gasteiger partial charge in [0.1, 0.15) is 11.2 Å². The van der Waals surface area contributed by atoms with Crippen molar-refractivity contribution in [3.05, 3.63) is 85.1 Å².